The van der Waals surface area contributed by atoms with Gasteiger partial charge in [0.05, 0.1) is 5.56 Å². The van der Waals surface area contributed by atoms with Gasteiger partial charge in [-0.05, 0) is 89.3 Å². The summed E-state index contributed by atoms with van der Waals surface area (Å²) >= 11 is 0. The maximum absolute atomic E-state index is 14.4. The van der Waals surface area contributed by atoms with Crippen molar-refractivity contribution in [3.8, 4) is 11.6 Å². The molecule has 0 saturated carbocycles. The van der Waals surface area contributed by atoms with E-state index >= 15 is 0 Å². The molecule has 2 atom stereocenters. The number of carbonyl (C=O) groups is 1. The molecule has 1 aromatic heterocycles. The van der Waals surface area contributed by atoms with E-state index in [0.29, 0.717) is 37.9 Å². The van der Waals surface area contributed by atoms with Gasteiger partial charge in [-0.3, -0.25) is 4.79 Å². The maximum atomic E-state index is 14.4. The molecule has 264 valence electrons. The van der Waals surface area contributed by atoms with Crippen molar-refractivity contribution in [3.63, 3.8) is 0 Å². The number of likely N-dealkylation sites (tertiary alicyclic amines) is 1. The third kappa shape index (κ3) is 7.30. The van der Waals surface area contributed by atoms with Crippen molar-refractivity contribution >= 4 is 21.9 Å². The standard InChI is InChI=1S/C33H50FN9O4S/c1-23(2)43(24(3)4)32(44)28-16-26(34)7-8-29(28)47-31-30(36-22-37-38-31)40-13-9-25(18-40)17-39-20-33(21-39)10-14-41(15-11-33)48(45,46)42-12-5-6-27(35)19-42/h7-8,16,22-25,27H,5-6,9-15,17-21,35H2,1-4H3/t25-,27+/m0/s1. The van der Waals surface area contributed by atoms with Crippen molar-refractivity contribution in [2.75, 3.05) is 63.8 Å². The zero-order valence-corrected chi connectivity index (χ0v) is 29.4. The summed E-state index contributed by atoms with van der Waals surface area (Å²) in [5, 5.41) is 8.17. The Morgan fingerprint density at radius 3 is 2.48 bits per heavy atom. The van der Waals surface area contributed by atoms with Gasteiger partial charge in [-0.25, -0.2) is 9.37 Å². The first-order valence-electron chi connectivity index (χ1n) is 17.3. The smallest absolute Gasteiger partial charge is 0.282 e. The third-order valence-corrected chi connectivity index (χ3v) is 12.4. The summed E-state index contributed by atoms with van der Waals surface area (Å²) in [5.41, 5.74) is 6.37. The highest BCUT2D eigenvalue weighted by Crippen LogP contribution is 2.42. The molecular weight excluding hydrogens is 637 g/mol. The molecule has 0 unspecified atom stereocenters. The van der Waals surface area contributed by atoms with Gasteiger partial charge < -0.3 is 25.2 Å². The van der Waals surface area contributed by atoms with Crippen molar-refractivity contribution < 1.29 is 22.3 Å². The van der Waals surface area contributed by atoms with E-state index in [9.17, 15) is 17.6 Å². The molecule has 1 amide bonds. The molecule has 0 aliphatic carbocycles. The van der Waals surface area contributed by atoms with E-state index < -0.39 is 16.0 Å². The SMILES string of the molecule is CC(C)N(C(=O)c1cc(F)ccc1Oc1nncnc1N1CC[C@@H](CN2CC3(CCN(S(=O)(=O)N4CCC[C@@H](N)C4)CC3)C2)C1)C(C)C. The summed E-state index contributed by atoms with van der Waals surface area (Å²) in [7, 11) is -3.45. The normalized spacial score (nSPS) is 24.0. The summed E-state index contributed by atoms with van der Waals surface area (Å²) in [6.07, 6.45) is 5.83. The Hall–Kier alpha value is -2.98. The lowest BCUT2D eigenvalue weighted by Crippen LogP contribution is -2.62. The molecule has 2 aromatic rings. The predicted molar refractivity (Wildman–Crippen MR) is 180 cm³/mol. The van der Waals surface area contributed by atoms with E-state index in [2.05, 4.69) is 25.0 Å². The number of hydrogen-bond acceptors (Lipinski definition) is 10. The van der Waals surface area contributed by atoms with E-state index in [1.165, 1.54) is 24.5 Å². The first kappa shape index (κ1) is 34.9. The number of halogens is 1. The van der Waals surface area contributed by atoms with Crippen molar-refractivity contribution in [2.45, 2.75) is 77.9 Å². The van der Waals surface area contributed by atoms with Crippen LogP contribution in [0.1, 0.15) is 70.2 Å². The van der Waals surface area contributed by atoms with E-state index in [4.69, 9.17) is 10.5 Å². The summed E-state index contributed by atoms with van der Waals surface area (Å²) in [5.74, 6) is 0.502. The molecule has 1 aromatic carbocycles. The topological polar surface area (TPSA) is 141 Å². The van der Waals surface area contributed by atoms with Crippen LogP contribution in [-0.4, -0.2) is 125 Å². The molecule has 0 bridgehead atoms. The van der Waals surface area contributed by atoms with Crippen LogP contribution in [0, 0.1) is 17.2 Å². The fourth-order valence-corrected chi connectivity index (χ4v) is 9.74. The summed E-state index contributed by atoms with van der Waals surface area (Å²) in [4.78, 5) is 24.4. The van der Waals surface area contributed by atoms with Crippen LogP contribution in [0.5, 0.6) is 11.6 Å². The molecule has 6 rings (SSSR count). The molecule has 2 N–H and O–H groups in total. The Morgan fingerprint density at radius 2 is 1.79 bits per heavy atom. The molecule has 4 aliphatic heterocycles. The van der Waals surface area contributed by atoms with Crippen LogP contribution in [-0.2, 0) is 10.2 Å². The van der Waals surface area contributed by atoms with E-state index in [-0.39, 0.29) is 46.6 Å². The number of nitrogens with two attached hydrogens (primary N) is 1. The van der Waals surface area contributed by atoms with Crippen LogP contribution in [0.4, 0.5) is 10.2 Å². The minimum atomic E-state index is -3.45. The predicted octanol–water partition coefficient (Wildman–Crippen LogP) is 2.95. The van der Waals surface area contributed by atoms with Crippen LogP contribution in [0.2, 0.25) is 0 Å². The first-order valence-corrected chi connectivity index (χ1v) is 18.7. The van der Waals surface area contributed by atoms with Gasteiger partial charge >= 0.3 is 0 Å². The molecule has 13 nitrogen and oxygen atoms in total. The lowest BCUT2D eigenvalue weighted by molar-refractivity contribution is -0.0413. The lowest BCUT2D eigenvalue weighted by Gasteiger charge is -2.54. The zero-order valence-electron chi connectivity index (χ0n) is 28.6. The van der Waals surface area contributed by atoms with Crippen LogP contribution >= 0.6 is 0 Å². The number of benzene rings is 1. The van der Waals surface area contributed by atoms with E-state index in [0.717, 1.165) is 64.8 Å². The molecule has 5 heterocycles. The van der Waals surface area contributed by atoms with Crippen LogP contribution in [0.15, 0.2) is 24.5 Å². The molecule has 4 fully saturated rings. The Kier molecular flexibility index (Phi) is 10.2. The van der Waals surface area contributed by atoms with Gasteiger partial charge in [0, 0.05) is 77.0 Å². The summed E-state index contributed by atoms with van der Waals surface area (Å²) in [6, 6.07) is 3.68. The van der Waals surface area contributed by atoms with Crippen LogP contribution in [0.25, 0.3) is 0 Å². The van der Waals surface area contributed by atoms with Crippen LogP contribution < -0.4 is 15.4 Å². The molecule has 4 saturated heterocycles. The van der Waals surface area contributed by atoms with Gasteiger partial charge in [-0.2, -0.15) is 17.0 Å². The highest BCUT2D eigenvalue weighted by Gasteiger charge is 2.48. The van der Waals surface area contributed by atoms with Crippen LogP contribution in [0.3, 0.4) is 0 Å². The monoisotopic (exact) mass is 687 g/mol. The van der Waals surface area contributed by atoms with Gasteiger partial charge in [-0.1, -0.05) is 0 Å². The Balaban J connectivity index is 1.04. The highest BCUT2D eigenvalue weighted by molar-refractivity contribution is 7.86. The Bertz CT molecular complexity index is 1550. The number of hydrogen-bond donors (Lipinski definition) is 1. The van der Waals surface area contributed by atoms with Crippen molar-refractivity contribution in [1.29, 1.82) is 0 Å². The number of aromatic nitrogens is 3. The number of carbonyl (C=O) groups excluding carboxylic acids is 1. The second kappa shape index (κ2) is 14.1. The second-order valence-corrected chi connectivity index (χ2v) is 16.6. The van der Waals surface area contributed by atoms with E-state index in [1.807, 2.05) is 27.7 Å². The van der Waals surface area contributed by atoms with Crippen molar-refractivity contribution in [2.24, 2.45) is 17.1 Å². The number of nitrogens with zero attached hydrogens (tertiary/aromatic N) is 8. The molecule has 0 radical (unpaired) electrons. The van der Waals surface area contributed by atoms with Gasteiger partial charge in [0.1, 0.15) is 17.9 Å². The fraction of sp³-hybridized carbons (Fsp3) is 0.697. The number of piperidine rings is 2. The number of amides is 1. The third-order valence-electron chi connectivity index (χ3n) is 10.4. The molecule has 4 aliphatic rings. The van der Waals surface area contributed by atoms with E-state index in [1.54, 1.807) is 13.5 Å². The zero-order chi connectivity index (χ0) is 34.2. The summed E-state index contributed by atoms with van der Waals surface area (Å²) in [6.45, 7) is 14.3. The Labute approximate surface area is 283 Å². The number of ether oxygens (including phenoxy) is 1. The minimum absolute atomic E-state index is 0.0787. The Morgan fingerprint density at radius 1 is 1.06 bits per heavy atom. The number of anilines is 1. The molecule has 48 heavy (non-hydrogen) atoms. The maximum Gasteiger partial charge on any atom is 0.282 e. The molecule has 15 heteroatoms. The number of rotatable bonds is 10. The van der Waals surface area contributed by atoms with Gasteiger partial charge in [0.2, 0.25) is 0 Å². The second-order valence-electron chi connectivity index (χ2n) is 14.7. The van der Waals surface area contributed by atoms with Gasteiger partial charge in [0.15, 0.2) is 5.82 Å². The minimum Gasteiger partial charge on any atom is -0.434 e. The first-order chi connectivity index (χ1) is 22.8. The van der Waals surface area contributed by atoms with Gasteiger partial charge in [0.25, 0.3) is 22.0 Å². The van der Waals surface area contributed by atoms with Crippen molar-refractivity contribution in [3.05, 3.63) is 35.9 Å². The molecular formula is C33H50FN9O4S. The average molecular weight is 688 g/mol. The largest absolute Gasteiger partial charge is 0.434 e. The lowest BCUT2D eigenvalue weighted by atomic mass is 9.72. The van der Waals surface area contributed by atoms with Gasteiger partial charge in [-0.15, -0.1) is 10.2 Å². The highest BCUT2D eigenvalue weighted by atomic mass is 32.2. The quantitative estimate of drug-likeness (QED) is 0.397. The summed E-state index contributed by atoms with van der Waals surface area (Å²) < 4.78 is 50.3. The molecule has 1 spiro atoms. The average Bonchev–Trinajstić information content (AvgIpc) is 3.49. The van der Waals surface area contributed by atoms with Crippen molar-refractivity contribution in [1.82, 2.24) is 33.6 Å². The fourth-order valence-electron chi connectivity index (χ4n) is 8.03.